The summed E-state index contributed by atoms with van der Waals surface area (Å²) >= 11 is 0. The van der Waals surface area contributed by atoms with Crippen LogP contribution >= 0.6 is 0 Å². The number of carboxylic acid groups (broad SMARTS) is 6. The predicted octanol–water partition coefficient (Wildman–Crippen LogP) is 2.32. The Balaban J connectivity index is 1.94. The summed E-state index contributed by atoms with van der Waals surface area (Å²) in [5, 5.41) is 59.8. The van der Waals surface area contributed by atoms with Crippen LogP contribution < -0.4 is 0 Å². The van der Waals surface area contributed by atoms with E-state index in [4.69, 9.17) is 4.74 Å². The van der Waals surface area contributed by atoms with Crippen LogP contribution in [-0.2, 0) is 33.5 Å². The molecule has 15 nitrogen and oxygen atoms in total. The van der Waals surface area contributed by atoms with Crippen molar-refractivity contribution in [2.45, 2.75) is 11.8 Å². The largest absolute Gasteiger partial charge is 0.480 e. The number of hydrogen-bond acceptors (Lipinski definition) is 9. The van der Waals surface area contributed by atoms with Crippen LogP contribution in [0.4, 0.5) is 0 Å². The summed E-state index contributed by atoms with van der Waals surface area (Å²) in [6, 6.07) is 8.89. The molecule has 4 rings (SSSR count). The van der Waals surface area contributed by atoms with Crippen LogP contribution in [0.5, 0.6) is 0 Å². The summed E-state index contributed by atoms with van der Waals surface area (Å²) < 4.78 is 4.93. The first-order chi connectivity index (χ1) is 22.1. The molecule has 240 valence electrons. The summed E-state index contributed by atoms with van der Waals surface area (Å²) in [7, 11) is 0. The van der Waals surface area contributed by atoms with Gasteiger partial charge >= 0.3 is 47.8 Å². The first kappa shape index (κ1) is 33.3. The van der Waals surface area contributed by atoms with Gasteiger partial charge < -0.3 is 35.4 Å². The number of rotatable bonds is 10. The highest BCUT2D eigenvalue weighted by atomic mass is 16.6. The molecule has 6 N–H and O–H groups in total. The summed E-state index contributed by atoms with van der Waals surface area (Å²) in [6.07, 6.45) is 5.65. The molecular formula is C32H22O15. The van der Waals surface area contributed by atoms with Crippen molar-refractivity contribution < 1.29 is 73.7 Å². The van der Waals surface area contributed by atoms with E-state index in [1.165, 1.54) is 24.3 Å². The lowest BCUT2D eigenvalue weighted by Gasteiger charge is -2.38. The topological polar surface area (TPSA) is 267 Å². The number of hydrogen-bond donors (Lipinski definition) is 6. The van der Waals surface area contributed by atoms with E-state index in [2.05, 4.69) is 0 Å². The van der Waals surface area contributed by atoms with Crippen LogP contribution in [0, 0.1) is 10.8 Å². The second kappa shape index (κ2) is 12.4. The SMILES string of the molecule is O=C(O)C1=CC=CC(c2cccc(C(=O)O)c2)C1(C(=O)O)C(=O)OC(=O)C1(C(=O)O)C(C(=O)O)=CC=CC1c1cccc(C(=O)O)c1. The van der Waals surface area contributed by atoms with Gasteiger partial charge in [-0.3, -0.25) is 9.59 Å². The monoisotopic (exact) mass is 646 g/mol. The zero-order valence-electron chi connectivity index (χ0n) is 23.6. The molecular weight excluding hydrogens is 624 g/mol. The molecule has 0 fully saturated rings. The summed E-state index contributed by atoms with van der Waals surface area (Å²) in [4.78, 5) is 102. The minimum atomic E-state index is -3.34. The number of ether oxygens (including phenoxy) is 1. The molecule has 0 bridgehead atoms. The molecule has 2 aliphatic carbocycles. The number of aliphatic carboxylic acids is 4. The number of esters is 2. The average Bonchev–Trinajstić information content (AvgIpc) is 3.03. The Hall–Kier alpha value is -6.64. The third-order valence-corrected chi connectivity index (χ3v) is 7.87. The van der Waals surface area contributed by atoms with Gasteiger partial charge in [0.2, 0.25) is 10.8 Å². The van der Waals surface area contributed by atoms with Crippen molar-refractivity contribution in [3.8, 4) is 0 Å². The van der Waals surface area contributed by atoms with Crippen LogP contribution in [0.15, 0.2) is 96.1 Å². The van der Waals surface area contributed by atoms with E-state index < -0.39 is 81.6 Å². The molecule has 4 unspecified atom stereocenters. The fraction of sp³-hybridized carbons (Fsp3) is 0.125. The van der Waals surface area contributed by atoms with E-state index in [1.807, 2.05) is 0 Å². The van der Waals surface area contributed by atoms with Crippen molar-refractivity contribution in [1.82, 2.24) is 0 Å². The fourth-order valence-corrected chi connectivity index (χ4v) is 5.73. The molecule has 0 saturated carbocycles. The zero-order valence-corrected chi connectivity index (χ0v) is 23.6. The number of benzene rings is 2. The second-order valence-electron chi connectivity index (χ2n) is 10.3. The summed E-state index contributed by atoms with van der Waals surface area (Å²) in [6.45, 7) is 0. The fourth-order valence-electron chi connectivity index (χ4n) is 5.73. The molecule has 0 radical (unpaired) electrons. The van der Waals surface area contributed by atoms with E-state index in [9.17, 15) is 69.0 Å². The Labute approximate surface area is 262 Å². The maximum absolute atomic E-state index is 14.0. The minimum Gasteiger partial charge on any atom is -0.480 e. The highest BCUT2D eigenvalue weighted by Gasteiger charge is 2.64. The molecule has 47 heavy (non-hydrogen) atoms. The molecule has 0 amide bonds. The predicted molar refractivity (Wildman–Crippen MR) is 153 cm³/mol. The highest BCUT2D eigenvalue weighted by Crippen LogP contribution is 2.51. The quantitative estimate of drug-likeness (QED) is 0.160. The summed E-state index contributed by atoms with van der Waals surface area (Å²) in [5.74, 6) is -19.2. The van der Waals surface area contributed by atoms with Crippen LogP contribution in [-0.4, -0.2) is 78.4 Å². The third-order valence-electron chi connectivity index (χ3n) is 7.87. The number of carbonyl (C=O) groups is 8. The highest BCUT2D eigenvalue weighted by molar-refractivity contribution is 6.18. The Morgan fingerprint density at radius 1 is 0.532 bits per heavy atom. The first-order valence-electron chi connectivity index (χ1n) is 13.3. The van der Waals surface area contributed by atoms with Gasteiger partial charge in [0, 0.05) is 11.8 Å². The first-order valence-corrected chi connectivity index (χ1v) is 13.3. The molecule has 2 aliphatic rings. The molecule has 2 aromatic carbocycles. The number of carbonyl (C=O) groups excluding carboxylic acids is 2. The summed E-state index contributed by atoms with van der Waals surface area (Å²) in [5.41, 5.74) is -10.2. The molecule has 0 saturated heterocycles. The Morgan fingerprint density at radius 2 is 0.894 bits per heavy atom. The van der Waals surface area contributed by atoms with E-state index in [1.54, 1.807) is 0 Å². The van der Waals surface area contributed by atoms with Crippen molar-refractivity contribution in [2.75, 3.05) is 0 Å². The minimum absolute atomic E-state index is 0.220. The smallest absolute Gasteiger partial charge is 0.337 e. The van der Waals surface area contributed by atoms with Crippen LogP contribution in [0.25, 0.3) is 0 Å². The van der Waals surface area contributed by atoms with Crippen molar-refractivity contribution in [3.05, 3.63) is 118 Å². The number of carboxylic acids is 6. The number of aromatic carboxylic acids is 2. The molecule has 0 aromatic heterocycles. The average molecular weight is 647 g/mol. The molecule has 4 atom stereocenters. The molecule has 15 heteroatoms. The van der Waals surface area contributed by atoms with Crippen molar-refractivity contribution >= 4 is 47.8 Å². The van der Waals surface area contributed by atoms with E-state index in [0.29, 0.717) is 0 Å². The van der Waals surface area contributed by atoms with Crippen LogP contribution in [0.2, 0.25) is 0 Å². The molecule has 2 aromatic rings. The van der Waals surface area contributed by atoms with E-state index in [-0.39, 0.29) is 22.3 Å². The Kier molecular flexibility index (Phi) is 8.77. The molecule has 0 aliphatic heterocycles. The van der Waals surface area contributed by atoms with Gasteiger partial charge in [-0.15, -0.1) is 0 Å². The Morgan fingerprint density at radius 3 is 1.19 bits per heavy atom. The molecule has 0 spiro atoms. The van der Waals surface area contributed by atoms with Crippen LogP contribution in [0.3, 0.4) is 0 Å². The standard InChI is InChI=1S/C32H22O15/c33-23(34)17-7-1-5-15(13-17)19-9-3-11-21(25(37)38)31(19,27(41)42)29(45)47-30(46)32(28(43)44)20(10-4-12-22(32)26(39)40)16-6-2-8-18(14-16)24(35)36/h1-14,19-20H,(H,33,34)(H,35,36)(H,37,38)(H,39,40)(H,41,42)(H,43,44). The van der Waals surface area contributed by atoms with Crippen LogP contribution in [0.1, 0.15) is 43.7 Å². The van der Waals surface area contributed by atoms with Gasteiger partial charge in [0.15, 0.2) is 0 Å². The van der Waals surface area contributed by atoms with Crippen molar-refractivity contribution in [1.29, 1.82) is 0 Å². The van der Waals surface area contributed by atoms with E-state index >= 15 is 0 Å². The van der Waals surface area contributed by atoms with Crippen molar-refractivity contribution in [3.63, 3.8) is 0 Å². The maximum atomic E-state index is 14.0. The van der Waals surface area contributed by atoms with Crippen molar-refractivity contribution in [2.24, 2.45) is 10.8 Å². The van der Waals surface area contributed by atoms with Gasteiger partial charge in [-0.1, -0.05) is 60.7 Å². The lowest BCUT2D eigenvalue weighted by atomic mass is 9.63. The Bertz CT molecular complexity index is 1760. The van der Waals surface area contributed by atoms with Gasteiger partial charge in [-0.05, 0) is 35.4 Å². The second-order valence-corrected chi connectivity index (χ2v) is 10.3. The van der Waals surface area contributed by atoms with Gasteiger partial charge in [-0.25, -0.2) is 28.8 Å². The van der Waals surface area contributed by atoms with Gasteiger partial charge in [0.1, 0.15) is 0 Å². The maximum Gasteiger partial charge on any atom is 0.337 e. The van der Waals surface area contributed by atoms with Gasteiger partial charge in [-0.2, -0.15) is 0 Å². The lowest BCUT2D eigenvalue weighted by Crippen LogP contribution is -2.54. The number of allylic oxidation sites excluding steroid dienone is 6. The van der Waals surface area contributed by atoms with Gasteiger partial charge in [0.25, 0.3) is 0 Å². The van der Waals surface area contributed by atoms with E-state index in [0.717, 1.165) is 60.7 Å². The molecule has 0 heterocycles. The van der Waals surface area contributed by atoms with Gasteiger partial charge in [0.05, 0.1) is 22.3 Å². The third kappa shape index (κ3) is 5.35. The normalized spacial score (nSPS) is 23.1. The lowest BCUT2D eigenvalue weighted by molar-refractivity contribution is -0.181. The zero-order chi connectivity index (χ0) is 34.8.